The molecule has 0 aliphatic heterocycles. The minimum Gasteiger partial charge on any atom is -0.207 e. The fraction of sp³-hybridized carbons (Fsp3) is 0.586. The Morgan fingerprint density at radius 3 is 1.87 bits per heavy atom. The molecular weight excluding hydrogens is 367 g/mol. The molecule has 1 saturated carbocycles. The topological polar surface area (TPSA) is 0 Å². The molecule has 0 saturated heterocycles. The van der Waals surface area contributed by atoms with E-state index in [0.717, 1.165) is 43.1 Å². The predicted octanol–water partition coefficient (Wildman–Crippen LogP) is 8.49. The Kier molecular flexibility index (Phi) is 9.43. The van der Waals surface area contributed by atoms with Crippen LogP contribution in [0.1, 0.15) is 93.9 Å². The van der Waals surface area contributed by atoms with Crippen LogP contribution in [0.4, 0.5) is 4.39 Å². The van der Waals surface area contributed by atoms with Crippen LogP contribution in [-0.2, 0) is 25.7 Å². The van der Waals surface area contributed by atoms with Crippen LogP contribution in [0.15, 0.2) is 42.5 Å². The first-order valence-electron chi connectivity index (χ1n) is 12.5. The average molecular weight is 409 g/mol. The van der Waals surface area contributed by atoms with Gasteiger partial charge in [-0.3, -0.25) is 0 Å². The van der Waals surface area contributed by atoms with Crippen LogP contribution in [0.5, 0.6) is 0 Å². The maximum absolute atomic E-state index is 14.7. The van der Waals surface area contributed by atoms with Crippen molar-refractivity contribution in [3.8, 4) is 0 Å². The van der Waals surface area contributed by atoms with Crippen molar-refractivity contribution in [2.45, 2.75) is 97.3 Å². The van der Waals surface area contributed by atoms with Gasteiger partial charge in [-0.2, -0.15) is 0 Å². The van der Waals surface area contributed by atoms with Crippen molar-refractivity contribution in [1.82, 2.24) is 0 Å². The summed E-state index contributed by atoms with van der Waals surface area (Å²) in [6, 6.07) is 14.8. The third kappa shape index (κ3) is 7.25. The van der Waals surface area contributed by atoms with E-state index < -0.39 is 0 Å². The van der Waals surface area contributed by atoms with Crippen molar-refractivity contribution in [2.75, 3.05) is 0 Å². The van der Waals surface area contributed by atoms with Crippen molar-refractivity contribution in [2.24, 2.45) is 11.8 Å². The molecule has 0 bridgehead atoms. The summed E-state index contributed by atoms with van der Waals surface area (Å²) >= 11 is 0. The molecule has 1 aliphatic carbocycles. The van der Waals surface area contributed by atoms with Crippen LogP contribution < -0.4 is 0 Å². The monoisotopic (exact) mass is 408 g/mol. The summed E-state index contributed by atoms with van der Waals surface area (Å²) in [7, 11) is 0. The zero-order chi connectivity index (χ0) is 21.2. The van der Waals surface area contributed by atoms with E-state index in [-0.39, 0.29) is 5.82 Å². The first-order chi connectivity index (χ1) is 14.7. The maximum Gasteiger partial charge on any atom is 0.126 e. The third-order valence-electron chi connectivity index (χ3n) is 7.14. The molecule has 0 spiro atoms. The van der Waals surface area contributed by atoms with Crippen molar-refractivity contribution in [3.63, 3.8) is 0 Å². The van der Waals surface area contributed by atoms with E-state index in [9.17, 15) is 4.39 Å². The molecule has 2 aromatic carbocycles. The van der Waals surface area contributed by atoms with Gasteiger partial charge in [0.2, 0.25) is 0 Å². The molecule has 30 heavy (non-hydrogen) atoms. The SMILES string of the molecule is CCCCC1CCC(CCc2ccc(CCc3ccc(CCC)cc3)c(F)c2)CC1. The molecule has 0 nitrogen and oxygen atoms in total. The van der Waals surface area contributed by atoms with Gasteiger partial charge >= 0.3 is 0 Å². The largest absolute Gasteiger partial charge is 0.207 e. The standard InChI is InChI=1S/C29H41F/c1-3-5-7-24-10-14-25(15-11-24)16-17-27-19-21-28(29(30)22-27)20-18-26-12-8-23(6-4-2)9-13-26/h8-9,12-13,19,21-22,24-25H,3-7,10-11,14-18,20H2,1-2H3. The van der Waals surface area contributed by atoms with Gasteiger partial charge in [-0.25, -0.2) is 4.39 Å². The van der Waals surface area contributed by atoms with Crippen molar-refractivity contribution >= 4 is 0 Å². The molecule has 164 valence electrons. The van der Waals surface area contributed by atoms with Gasteiger partial charge in [-0.1, -0.05) is 102 Å². The van der Waals surface area contributed by atoms with Crippen LogP contribution in [0.3, 0.4) is 0 Å². The molecule has 1 fully saturated rings. The predicted molar refractivity (Wildman–Crippen MR) is 128 cm³/mol. The van der Waals surface area contributed by atoms with Gasteiger partial charge in [0.1, 0.15) is 5.82 Å². The molecular formula is C29H41F. The minimum atomic E-state index is -0.0154. The Balaban J connectivity index is 1.42. The number of hydrogen-bond acceptors (Lipinski definition) is 0. The van der Waals surface area contributed by atoms with E-state index in [0.29, 0.717) is 0 Å². The molecule has 1 heteroatoms. The Morgan fingerprint density at radius 1 is 0.667 bits per heavy atom. The second-order valence-corrected chi connectivity index (χ2v) is 9.56. The smallest absolute Gasteiger partial charge is 0.126 e. The molecule has 0 heterocycles. The summed E-state index contributed by atoms with van der Waals surface area (Å²) in [4.78, 5) is 0. The second kappa shape index (κ2) is 12.3. The number of aryl methyl sites for hydroxylation is 4. The lowest BCUT2D eigenvalue weighted by Crippen LogP contribution is -2.15. The summed E-state index contributed by atoms with van der Waals surface area (Å²) < 4.78 is 14.7. The van der Waals surface area contributed by atoms with Crippen LogP contribution in [0.25, 0.3) is 0 Å². The fourth-order valence-corrected chi connectivity index (χ4v) is 5.06. The first-order valence-corrected chi connectivity index (χ1v) is 12.5. The number of benzene rings is 2. The normalized spacial score (nSPS) is 19.2. The highest BCUT2D eigenvalue weighted by Gasteiger charge is 2.20. The van der Waals surface area contributed by atoms with E-state index in [1.54, 1.807) is 6.07 Å². The highest BCUT2D eigenvalue weighted by atomic mass is 19.1. The van der Waals surface area contributed by atoms with Crippen LogP contribution in [0.2, 0.25) is 0 Å². The first kappa shape index (κ1) is 23.0. The van der Waals surface area contributed by atoms with Gasteiger partial charge in [0.25, 0.3) is 0 Å². The molecule has 0 amide bonds. The van der Waals surface area contributed by atoms with Gasteiger partial charge in [0, 0.05) is 0 Å². The molecule has 3 rings (SSSR count). The summed E-state index contributed by atoms with van der Waals surface area (Å²) in [5.74, 6) is 1.81. The van der Waals surface area contributed by atoms with Crippen LogP contribution >= 0.6 is 0 Å². The molecule has 0 unspecified atom stereocenters. The van der Waals surface area contributed by atoms with Gasteiger partial charge in [-0.15, -0.1) is 0 Å². The van der Waals surface area contributed by atoms with E-state index in [1.807, 2.05) is 6.07 Å². The van der Waals surface area contributed by atoms with Crippen molar-refractivity contribution < 1.29 is 4.39 Å². The number of unbranched alkanes of at least 4 members (excludes halogenated alkanes) is 1. The molecule has 2 aromatic rings. The Bertz CT molecular complexity index is 737. The highest BCUT2D eigenvalue weighted by Crippen LogP contribution is 2.34. The van der Waals surface area contributed by atoms with Crippen molar-refractivity contribution in [1.29, 1.82) is 0 Å². The minimum absolute atomic E-state index is 0.0154. The third-order valence-corrected chi connectivity index (χ3v) is 7.14. The Labute approximate surface area is 184 Å². The maximum atomic E-state index is 14.7. The lowest BCUT2D eigenvalue weighted by molar-refractivity contribution is 0.250. The number of rotatable bonds is 11. The van der Waals surface area contributed by atoms with Gasteiger partial charge < -0.3 is 0 Å². The lowest BCUT2D eigenvalue weighted by atomic mass is 9.78. The molecule has 0 atom stereocenters. The highest BCUT2D eigenvalue weighted by molar-refractivity contribution is 5.27. The quantitative estimate of drug-likeness (QED) is 0.349. The second-order valence-electron chi connectivity index (χ2n) is 9.56. The summed E-state index contributed by atoms with van der Waals surface area (Å²) in [6.07, 6.45) is 16.0. The summed E-state index contributed by atoms with van der Waals surface area (Å²) in [5.41, 5.74) is 4.72. The lowest BCUT2D eigenvalue weighted by Gasteiger charge is -2.28. The molecule has 0 radical (unpaired) electrons. The van der Waals surface area contributed by atoms with Gasteiger partial charge in [-0.05, 0) is 72.3 Å². The van der Waals surface area contributed by atoms with Gasteiger partial charge in [0.15, 0.2) is 0 Å². The zero-order valence-electron chi connectivity index (χ0n) is 19.3. The molecule has 1 aliphatic rings. The van der Waals surface area contributed by atoms with Gasteiger partial charge in [0.05, 0.1) is 0 Å². The molecule has 0 N–H and O–H groups in total. The van der Waals surface area contributed by atoms with E-state index in [1.165, 1.54) is 74.5 Å². The Morgan fingerprint density at radius 2 is 1.27 bits per heavy atom. The van der Waals surface area contributed by atoms with E-state index in [4.69, 9.17) is 0 Å². The Hall–Kier alpha value is -1.63. The van der Waals surface area contributed by atoms with Crippen molar-refractivity contribution in [3.05, 3.63) is 70.5 Å². The number of hydrogen-bond donors (Lipinski definition) is 0. The van der Waals surface area contributed by atoms with E-state index >= 15 is 0 Å². The zero-order valence-corrected chi connectivity index (χ0v) is 19.3. The fourth-order valence-electron chi connectivity index (χ4n) is 5.06. The summed E-state index contributed by atoms with van der Waals surface area (Å²) in [5, 5.41) is 0. The number of halogens is 1. The van der Waals surface area contributed by atoms with Crippen LogP contribution in [-0.4, -0.2) is 0 Å². The molecule has 0 aromatic heterocycles. The summed E-state index contributed by atoms with van der Waals surface area (Å²) in [6.45, 7) is 4.50. The van der Waals surface area contributed by atoms with Crippen LogP contribution in [0, 0.1) is 17.7 Å². The van der Waals surface area contributed by atoms with E-state index in [2.05, 4.69) is 44.2 Å². The average Bonchev–Trinajstić information content (AvgIpc) is 2.77.